The molecule has 17 heavy (non-hydrogen) atoms. The van der Waals surface area contributed by atoms with E-state index in [4.69, 9.17) is 9.84 Å². The first-order chi connectivity index (χ1) is 8.20. The van der Waals surface area contributed by atoms with Gasteiger partial charge < -0.3 is 9.84 Å². The van der Waals surface area contributed by atoms with Crippen LogP contribution in [0.25, 0.3) is 0 Å². The molecular formula is C15H22O2. The van der Waals surface area contributed by atoms with E-state index in [9.17, 15) is 0 Å². The molecule has 2 heteroatoms. The minimum Gasteiger partial charge on any atom is -0.502 e. The van der Waals surface area contributed by atoms with Crippen LogP contribution in [-0.4, -0.2) is 18.8 Å². The maximum absolute atomic E-state index is 8.50. The van der Waals surface area contributed by atoms with Crippen LogP contribution in [0.2, 0.25) is 0 Å². The van der Waals surface area contributed by atoms with Gasteiger partial charge in [0.25, 0.3) is 0 Å². The van der Waals surface area contributed by atoms with Crippen molar-refractivity contribution in [3.63, 3.8) is 0 Å². The van der Waals surface area contributed by atoms with Crippen LogP contribution in [-0.2, 0) is 4.74 Å². The summed E-state index contributed by atoms with van der Waals surface area (Å²) < 4.78 is 5.00. The summed E-state index contributed by atoms with van der Waals surface area (Å²) in [4.78, 5) is 0. The van der Waals surface area contributed by atoms with Gasteiger partial charge >= 0.3 is 0 Å². The molecular weight excluding hydrogens is 212 g/mol. The fourth-order valence-electron chi connectivity index (χ4n) is 1.21. The maximum atomic E-state index is 8.50. The number of allylic oxidation sites excluding steroid dienone is 4. The maximum Gasteiger partial charge on any atom is 0.0883 e. The standard InChI is InChI=1S/C15H22O2/c1-14(11-9-12-15(2)17-3)10-7-5-4-6-8-13-16/h4-6,8,14,16H,2,9,11-13H2,1,3H3/b5-4+,8-6+/t14-/m1/s1. The van der Waals surface area contributed by atoms with Crippen molar-refractivity contribution < 1.29 is 9.84 Å². The van der Waals surface area contributed by atoms with Crippen LogP contribution in [0.1, 0.15) is 26.2 Å². The van der Waals surface area contributed by atoms with E-state index in [1.165, 1.54) is 0 Å². The summed E-state index contributed by atoms with van der Waals surface area (Å²) in [5.74, 6) is 7.34. The molecule has 94 valence electrons. The molecule has 1 atom stereocenters. The molecule has 0 unspecified atom stereocenters. The second-order valence-electron chi connectivity index (χ2n) is 3.79. The molecule has 0 aliphatic rings. The summed E-state index contributed by atoms with van der Waals surface area (Å²) in [5, 5.41) is 8.50. The van der Waals surface area contributed by atoms with E-state index >= 15 is 0 Å². The van der Waals surface area contributed by atoms with Crippen molar-refractivity contribution in [3.8, 4) is 11.8 Å². The number of hydrogen-bond donors (Lipinski definition) is 1. The first-order valence-electron chi connectivity index (χ1n) is 5.86. The Morgan fingerprint density at radius 1 is 1.47 bits per heavy atom. The predicted octanol–water partition coefficient (Wildman–Crippen LogP) is 3.06. The van der Waals surface area contributed by atoms with Crippen molar-refractivity contribution in [2.24, 2.45) is 5.92 Å². The number of hydrogen-bond acceptors (Lipinski definition) is 2. The molecule has 0 rings (SSSR count). The van der Waals surface area contributed by atoms with Crippen LogP contribution >= 0.6 is 0 Å². The lowest BCUT2D eigenvalue weighted by Crippen LogP contribution is -1.92. The minimum absolute atomic E-state index is 0.0670. The quantitative estimate of drug-likeness (QED) is 0.417. The molecule has 0 saturated heterocycles. The summed E-state index contributed by atoms with van der Waals surface area (Å²) in [5.41, 5.74) is 0. The average Bonchev–Trinajstić information content (AvgIpc) is 2.33. The van der Waals surface area contributed by atoms with Crippen LogP contribution in [0, 0.1) is 17.8 Å². The third kappa shape index (κ3) is 10.8. The van der Waals surface area contributed by atoms with E-state index in [1.807, 2.05) is 6.08 Å². The Labute approximate surface area is 105 Å². The van der Waals surface area contributed by atoms with Gasteiger partial charge in [0, 0.05) is 12.3 Å². The highest BCUT2D eigenvalue weighted by Gasteiger charge is 1.98. The molecule has 0 radical (unpaired) electrons. The van der Waals surface area contributed by atoms with Gasteiger partial charge in [-0.15, -0.1) is 0 Å². The van der Waals surface area contributed by atoms with E-state index in [1.54, 1.807) is 25.3 Å². The summed E-state index contributed by atoms with van der Waals surface area (Å²) >= 11 is 0. The highest BCUT2D eigenvalue weighted by Crippen LogP contribution is 2.10. The lowest BCUT2D eigenvalue weighted by Gasteiger charge is -2.05. The second kappa shape index (κ2) is 11.0. The SMILES string of the molecule is C=C(CCC[C@H](C)C#C/C=C/C=C/CO)OC. The van der Waals surface area contributed by atoms with E-state index < -0.39 is 0 Å². The predicted molar refractivity (Wildman–Crippen MR) is 72.3 cm³/mol. The van der Waals surface area contributed by atoms with E-state index in [0.717, 1.165) is 25.0 Å². The van der Waals surface area contributed by atoms with Gasteiger partial charge in [-0.3, -0.25) is 0 Å². The number of aliphatic hydroxyl groups excluding tert-OH is 1. The fourth-order valence-corrected chi connectivity index (χ4v) is 1.21. The molecule has 0 saturated carbocycles. The number of methoxy groups -OCH3 is 1. The van der Waals surface area contributed by atoms with Crippen molar-refractivity contribution in [2.75, 3.05) is 13.7 Å². The van der Waals surface area contributed by atoms with E-state index in [2.05, 4.69) is 25.3 Å². The Balaban J connectivity index is 3.74. The normalized spacial score (nSPS) is 12.4. The highest BCUT2D eigenvalue weighted by atomic mass is 16.5. The summed E-state index contributed by atoms with van der Waals surface area (Å²) in [7, 11) is 1.65. The topological polar surface area (TPSA) is 29.5 Å². The molecule has 0 spiro atoms. The third-order valence-electron chi connectivity index (χ3n) is 2.24. The van der Waals surface area contributed by atoms with Crippen molar-refractivity contribution in [1.29, 1.82) is 0 Å². The van der Waals surface area contributed by atoms with Gasteiger partial charge in [-0.1, -0.05) is 43.6 Å². The summed E-state index contributed by atoms with van der Waals surface area (Å²) in [6.07, 6.45) is 10.1. The molecule has 0 heterocycles. The van der Waals surface area contributed by atoms with Crippen LogP contribution < -0.4 is 0 Å². The average molecular weight is 234 g/mol. The minimum atomic E-state index is 0.0670. The van der Waals surface area contributed by atoms with Gasteiger partial charge in [-0.25, -0.2) is 0 Å². The van der Waals surface area contributed by atoms with Gasteiger partial charge in [-0.05, 0) is 18.9 Å². The van der Waals surface area contributed by atoms with Crippen molar-refractivity contribution in [1.82, 2.24) is 0 Å². The molecule has 2 nitrogen and oxygen atoms in total. The molecule has 0 bridgehead atoms. The van der Waals surface area contributed by atoms with E-state index in [0.29, 0.717) is 5.92 Å². The number of rotatable bonds is 7. The highest BCUT2D eigenvalue weighted by molar-refractivity contribution is 5.20. The van der Waals surface area contributed by atoms with Crippen molar-refractivity contribution >= 4 is 0 Å². The summed E-state index contributed by atoms with van der Waals surface area (Å²) in [6, 6.07) is 0. The molecule has 0 aromatic heterocycles. The Morgan fingerprint density at radius 3 is 2.88 bits per heavy atom. The largest absolute Gasteiger partial charge is 0.502 e. The molecule has 0 aromatic rings. The lowest BCUT2D eigenvalue weighted by molar-refractivity contribution is 0.275. The fraction of sp³-hybridized carbons (Fsp3) is 0.467. The monoisotopic (exact) mass is 234 g/mol. The van der Waals surface area contributed by atoms with Gasteiger partial charge in [0.1, 0.15) is 0 Å². The van der Waals surface area contributed by atoms with Crippen molar-refractivity contribution in [3.05, 3.63) is 36.6 Å². The molecule has 0 aliphatic carbocycles. The zero-order chi connectivity index (χ0) is 12.9. The Bertz CT molecular complexity index is 316. The smallest absolute Gasteiger partial charge is 0.0883 e. The number of aliphatic hydroxyl groups is 1. The molecule has 0 aromatic carbocycles. The Hall–Kier alpha value is -1.46. The van der Waals surface area contributed by atoms with Gasteiger partial charge in [0.2, 0.25) is 0 Å². The first kappa shape index (κ1) is 15.5. The lowest BCUT2D eigenvalue weighted by atomic mass is 10.0. The zero-order valence-electron chi connectivity index (χ0n) is 10.8. The Morgan fingerprint density at radius 2 is 2.24 bits per heavy atom. The molecule has 0 aliphatic heterocycles. The van der Waals surface area contributed by atoms with Gasteiger partial charge in [0.15, 0.2) is 0 Å². The van der Waals surface area contributed by atoms with Crippen LogP contribution in [0.15, 0.2) is 36.6 Å². The van der Waals surface area contributed by atoms with Gasteiger partial charge in [-0.2, -0.15) is 0 Å². The second-order valence-corrected chi connectivity index (χ2v) is 3.79. The summed E-state index contributed by atoms with van der Waals surface area (Å²) in [6.45, 7) is 5.95. The van der Waals surface area contributed by atoms with Crippen molar-refractivity contribution in [2.45, 2.75) is 26.2 Å². The zero-order valence-corrected chi connectivity index (χ0v) is 10.8. The third-order valence-corrected chi connectivity index (χ3v) is 2.24. The molecule has 0 amide bonds. The van der Waals surface area contributed by atoms with Crippen LogP contribution in [0.4, 0.5) is 0 Å². The Kier molecular flexibility index (Phi) is 10.1. The van der Waals surface area contributed by atoms with Crippen LogP contribution in [0.5, 0.6) is 0 Å². The molecule has 1 N–H and O–H groups in total. The first-order valence-corrected chi connectivity index (χ1v) is 5.86. The molecule has 0 fully saturated rings. The van der Waals surface area contributed by atoms with E-state index in [-0.39, 0.29) is 6.61 Å². The number of ether oxygens (including phenoxy) is 1. The van der Waals surface area contributed by atoms with Gasteiger partial charge in [0.05, 0.1) is 19.5 Å². The van der Waals surface area contributed by atoms with Crippen LogP contribution in [0.3, 0.4) is 0 Å².